The molecule has 0 saturated heterocycles. The van der Waals surface area contributed by atoms with E-state index in [4.69, 9.17) is 5.11 Å². The molecule has 0 saturated carbocycles. The van der Waals surface area contributed by atoms with Crippen LogP contribution in [0, 0.1) is 0 Å². The largest absolute Gasteiger partial charge is 0.499 e. The van der Waals surface area contributed by atoms with Gasteiger partial charge in [-0.2, -0.15) is 0 Å². The number of hydrogen-bond donors (Lipinski definition) is 1. The summed E-state index contributed by atoms with van der Waals surface area (Å²) in [6.45, 7) is 0. The summed E-state index contributed by atoms with van der Waals surface area (Å²) in [5, 5.41) is 11.6. The average molecular weight is 126 g/mol. The Balaban J connectivity index is 2.66. The normalized spacial score (nSPS) is 15.0. The van der Waals surface area contributed by atoms with Gasteiger partial charge in [0, 0.05) is 5.56 Å². The molecule has 1 nitrogen and oxygen atoms in total. The molecule has 0 fully saturated rings. The Morgan fingerprint density at radius 1 is 1.50 bits per heavy atom. The highest BCUT2D eigenvalue weighted by atomic mass is 32.1. The van der Waals surface area contributed by atoms with Crippen molar-refractivity contribution >= 4 is 11.3 Å². The second-order valence-electron chi connectivity index (χ2n) is 2.04. The van der Waals surface area contributed by atoms with Gasteiger partial charge in [0.25, 0.3) is 0 Å². The van der Waals surface area contributed by atoms with Crippen LogP contribution in [0.5, 0.6) is 5.06 Å². The molecule has 8 heavy (non-hydrogen) atoms. The lowest BCUT2D eigenvalue weighted by Gasteiger charge is -2.11. The highest BCUT2D eigenvalue weighted by Gasteiger charge is 2.18. The Morgan fingerprint density at radius 3 is 2.62 bits per heavy atom. The number of rotatable bonds is 0. The molecule has 0 spiro atoms. The summed E-state index contributed by atoms with van der Waals surface area (Å²) in [6, 6.07) is 0. The maximum Gasteiger partial charge on any atom is 0.174 e. The minimum absolute atomic E-state index is 0.534. The summed E-state index contributed by atoms with van der Waals surface area (Å²) in [5.74, 6) is 0. The zero-order valence-electron chi connectivity index (χ0n) is 4.35. The van der Waals surface area contributed by atoms with Gasteiger partial charge >= 0.3 is 0 Å². The Labute approximate surface area is 51.6 Å². The van der Waals surface area contributed by atoms with E-state index in [1.807, 2.05) is 5.38 Å². The van der Waals surface area contributed by atoms with Crippen molar-refractivity contribution in [1.82, 2.24) is 0 Å². The Hall–Kier alpha value is -0.500. The van der Waals surface area contributed by atoms with Crippen LogP contribution >= 0.6 is 11.3 Å². The van der Waals surface area contributed by atoms with Crippen LogP contribution in [-0.4, -0.2) is 5.11 Å². The van der Waals surface area contributed by atoms with Gasteiger partial charge in [-0.15, -0.1) is 11.3 Å². The molecule has 0 unspecified atom stereocenters. The zero-order chi connectivity index (χ0) is 5.56. The standard InChI is InChI=1S/C6H6OS/c7-6-5-2-1-4(5)3-8-6/h3,7H,1-2H2. The fraction of sp³-hybridized carbons (Fsp3) is 0.333. The quantitative estimate of drug-likeness (QED) is 0.559. The van der Waals surface area contributed by atoms with Crippen LogP contribution in [0.3, 0.4) is 0 Å². The zero-order valence-corrected chi connectivity index (χ0v) is 5.16. The minimum Gasteiger partial charge on any atom is -0.499 e. The number of fused-ring (bicyclic) bond motifs is 1. The van der Waals surface area contributed by atoms with Crippen molar-refractivity contribution in [3.63, 3.8) is 0 Å². The summed E-state index contributed by atoms with van der Waals surface area (Å²) < 4.78 is 0. The Bertz CT molecular complexity index is 201. The van der Waals surface area contributed by atoms with Gasteiger partial charge in [-0.3, -0.25) is 0 Å². The van der Waals surface area contributed by atoms with Crippen LogP contribution < -0.4 is 0 Å². The Morgan fingerprint density at radius 2 is 2.38 bits per heavy atom. The van der Waals surface area contributed by atoms with E-state index in [-0.39, 0.29) is 0 Å². The van der Waals surface area contributed by atoms with E-state index >= 15 is 0 Å². The number of thiophene rings is 1. The van der Waals surface area contributed by atoms with Crippen molar-refractivity contribution in [1.29, 1.82) is 0 Å². The van der Waals surface area contributed by atoms with Crippen molar-refractivity contribution in [3.8, 4) is 5.06 Å². The molecule has 42 valence electrons. The minimum atomic E-state index is 0.534. The molecule has 0 radical (unpaired) electrons. The molecule has 0 amide bonds. The van der Waals surface area contributed by atoms with E-state index in [0.29, 0.717) is 5.06 Å². The van der Waals surface area contributed by atoms with Crippen LogP contribution in [0.1, 0.15) is 11.1 Å². The van der Waals surface area contributed by atoms with E-state index in [1.54, 1.807) is 0 Å². The molecule has 1 aliphatic rings. The molecule has 0 aromatic carbocycles. The maximum atomic E-state index is 9.01. The number of aromatic hydroxyl groups is 1. The molecular formula is C6H6OS. The third-order valence-electron chi connectivity index (χ3n) is 1.60. The third-order valence-corrected chi connectivity index (χ3v) is 2.47. The SMILES string of the molecule is Oc1scc2c1CC2. The van der Waals surface area contributed by atoms with Gasteiger partial charge in [-0.05, 0) is 23.8 Å². The maximum absolute atomic E-state index is 9.01. The van der Waals surface area contributed by atoms with Crippen molar-refractivity contribution in [3.05, 3.63) is 16.5 Å². The lowest BCUT2D eigenvalue weighted by atomic mass is 9.93. The summed E-state index contributed by atoms with van der Waals surface area (Å²) in [7, 11) is 0. The predicted octanol–water partition coefficient (Wildman–Crippen LogP) is 1.55. The second kappa shape index (κ2) is 1.26. The second-order valence-corrected chi connectivity index (χ2v) is 2.90. The third kappa shape index (κ3) is 0.364. The molecule has 0 aliphatic heterocycles. The van der Waals surface area contributed by atoms with Crippen molar-refractivity contribution < 1.29 is 5.11 Å². The summed E-state index contributed by atoms with van der Waals surface area (Å²) in [5.41, 5.74) is 2.54. The van der Waals surface area contributed by atoms with Gasteiger partial charge in [-0.1, -0.05) is 0 Å². The molecule has 2 heteroatoms. The molecular weight excluding hydrogens is 120 g/mol. The van der Waals surface area contributed by atoms with Crippen LogP contribution in [0.4, 0.5) is 0 Å². The number of aryl methyl sites for hydroxylation is 1. The molecule has 1 aromatic heterocycles. The lowest BCUT2D eigenvalue weighted by Crippen LogP contribution is -2.03. The van der Waals surface area contributed by atoms with Crippen LogP contribution in [0.2, 0.25) is 0 Å². The first-order valence-electron chi connectivity index (χ1n) is 2.66. The fourth-order valence-electron chi connectivity index (χ4n) is 0.967. The molecule has 1 aromatic rings. The van der Waals surface area contributed by atoms with Crippen molar-refractivity contribution in [2.45, 2.75) is 12.8 Å². The van der Waals surface area contributed by atoms with Gasteiger partial charge in [0.05, 0.1) is 0 Å². The topological polar surface area (TPSA) is 20.2 Å². The van der Waals surface area contributed by atoms with E-state index in [9.17, 15) is 0 Å². The fourth-order valence-corrected chi connectivity index (χ4v) is 1.86. The van der Waals surface area contributed by atoms with Gasteiger partial charge in [0.15, 0.2) is 5.06 Å². The van der Waals surface area contributed by atoms with Gasteiger partial charge in [0.1, 0.15) is 0 Å². The van der Waals surface area contributed by atoms with E-state index in [0.717, 1.165) is 6.42 Å². The summed E-state index contributed by atoms with van der Waals surface area (Å²) in [6.07, 6.45) is 2.26. The molecule has 1 aliphatic carbocycles. The lowest BCUT2D eigenvalue weighted by molar-refractivity contribution is 0.479. The molecule has 1 heterocycles. The van der Waals surface area contributed by atoms with Crippen LogP contribution in [-0.2, 0) is 12.8 Å². The van der Waals surface area contributed by atoms with Crippen molar-refractivity contribution in [2.75, 3.05) is 0 Å². The average Bonchev–Trinajstić information content (AvgIpc) is 1.80. The van der Waals surface area contributed by atoms with Gasteiger partial charge in [0.2, 0.25) is 0 Å². The van der Waals surface area contributed by atoms with Gasteiger partial charge in [-0.25, -0.2) is 0 Å². The van der Waals surface area contributed by atoms with E-state index in [2.05, 4.69) is 0 Å². The first-order chi connectivity index (χ1) is 3.88. The van der Waals surface area contributed by atoms with Crippen molar-refractivity contribution in [2.24, 2.45) is 0 Å². The smallest absolute Gasteiger partial charge is 0.174 e. The van der Waals surface area contributed by atoms with Gasteiger partial charge < -0.3 is 5.11 Å². The predicted molar refractivity (Wildman–Crippen MR) is 33.4 cm³/mol. The van der Waals surface area contributed by atoms with Crippen LogP contribution in [0.25, 0.3) is 0 Å². The Kier molecular flexibility index (Phi) is 0.690. The van der Waals surface area contributed by atoms with Crippen LogP contribution in [0.15, 0.2) is 5.38 Å². The highest BCUT2D eigenvalue weighted by molar-refractivity contribution is 7.12. The van der Waals surface area contributed by atoms with E-state index in [1.165, 1.54) is 28.9 Å². The monoisotopic (exact) mass is 126 g/mol. The van der Waals surface area contributed by atoms with E-state index < -0.39 is 0 Å². The first-order valence-corrected chi connectivity index (χ1v) is 3.54. The summed E-state index contributed by atoms with van der Waals surface area (Å²) in [4.78, 5) is 0. The highest BCUT2D eigenvalue weighted by Crippen LogP contribution is 2.36. The number of hydrogen-bond acceptors (Lipinski definition) is 2. The molecule has 1 N–H and O–H groups in total. The first kappa shape index (κ1) is 4.39. The molecule has 0 atom stereocenters. The molecule has 0 bridgehead atoms. The molecule has 2 rings (SSSR count). The summed E-state index contributed by atoms with van der Waals surface area (Å²) >= 11 is 1.45.